The molecule has 20 heavy (non-hydrogen) atoms. The Labute approximate surface area is 117 Å². The number of amides is 1. The molecule has 0 radical (unpaired) electrons. The van der Waals surface area contributed by atoms with E-state index in [0.29, 0.717) is 12.2 Å². The number of fused-ring (bicyclic) bond motifs is 1. The zero-order valence-corrected chi connectivity index (χ0v) is 11.2. The SMILES string of the molecule is CCOc1cccc(/C=C2/C(=O)Nc3ccccc32)c1. The van der Waals surface area contributed by atoms with Crippen molar-refractivity contribution in [2.24, 2.45) is 0 Å². The fraction of sp³-hybridized carbons (Fsp3) is 0.118. The summed E-state index contributed by atoms with van der Waals surface area (Å²) in [5, 5.41) is 2.87. The van der Waals surface area contributed by atoms with Crippen LogP contribution >= 0.6 is 0 Å². The van der Waals surface area contributed by atoms with Gasteiger partial charge in [0.2, 0.25) is 0 Å². The molecule has 2 aromatic carbocycles. The number of para-hydroxylation sites is 1. The number of carbonyl (C=O) groups excluding carboxylic acids is 1. The molecule has 3 rings (SSSR count). The van der Waals surface area contributed by atoms with Crippen molar-refractivity contribution in [1.29, 1.82) is 0 Å². The van der Waals surface area contributed by atoms with Gasteiger partial charge in [0.05, 0.1) is 6.61 Å². The van der Waals surface area contributed by atoms with Crippen LogP contribution in [0.15, 0.2) is 48.5 Å². The van der Waals surface area contributed by atoms with Crippen LogP contribution in [0.5, 0.6) is 5.75 Å². The van der Waals surface area contributed by atoms with Gasteiger partial charge in [-0.3, -0.25) is 4.79 Å². The van der Waals surface area contributed by atoms with E-state index in [2.05, 4.69) is 5.32 Å². The average molecular weight is 265 g/mol. The highest BCUT2D eigenvalue weighted by molar-refractivity contribution is 6.34. The smallest absolute Gasteiger partial charge is 0.256 e. The van der Waals surface area contributed by atoms with Gasteiger partial charge in [-0.25, -0.2) is 0 Å². The Morgan fingerprint density at radius 3 is 2.85 bits per heavy atom. The van der Waals surface area contributed by atoms with Gasteiger partial charge < -0.3 is 10.1 Å². The van der Waals surface area contributed by atoms with E-state index in [1.165, 1.54) is 0 Å². The highest BCUT2D eigenvalue weighted by Gasteiger charge is 2.23. The number of ether oxygens (including phenoxy) is 1. The minimum atomic E-state index is -0.0620. The van der Waals surface area contributed by atoms with Gasteiger partial charge in [0.1, 0.15) is 5.75 Å². The molecular weight excluding hydrogens is 250 g/mol. The molecule has 0 unspecified atom stereocenters. The highest BCUT2D eigenvalue weighted by atomic mass is 16.5. The molecule has 1 amide bonds. The van der Waals surface area contributed by atoms with Crippen molar-refractivity contribution in [1.82, 2.24) is 0 Å². The van der Waals surface area contributed by atoms with Crippen molar-refractivity contribution in [3.05, 3.63) is 59.7 Å². The molecule has 1 heterocycles. The molecule has 0 saturated heterocycles. The third kappa shape index (κ3) is 2.30. The first kappa shape index (κ1) is 12.5. The molecule has 0 aromatic heterocycles. The molecule has 100 valence electrons. The lowest BCUT2D eigenvalue weighted by atomic mass is 10.0. The molecular formula is C17H15NO2. The lowest BCUT2D eigenvalue weighted by Crippen LogP contribution is -2.03. The number of benzene rings is 2. The number of anilines is 1. The summed E-state index contributed by atoms with van der Waals surface area (Å²) in [5.74, 6) is 0.751. The summed E-state index contributed by atoms with van der Waals surface area (Å²) < 4.78 is 5.48. The first-order chi connectivity index (χ1) is 9.78. The molecule has 0 fully saturated rings. The van der Waals surface area contributed by atoms with E-state index in [9.17, 15) is 4.79 Å². The van der Waals surface area contributed by atoms with Crippen LogP contribution in [0, 0.1) is 0 Å². The molecule has 0 atom stereocenters. The molecule has 2 aromatic rings. The van der Waals surface area contributed by atoms with E-state index in [-0.39, 0.29) is 5.91 Å². The van der Waals surface area contributed by atoms with E-state index in [1.807, 2.05) is 61.5 Å². The van der Waals surface area contributed by atoms with Crippen molar-refractivity contribution in [3.8, 4) is 5.75 Å². The van der Waals surface area contributed by atoms with Crippen molar-refractivity contribution >= 4 is 23.2 Å². The minimum Gasteiger partial charge on any atom is -0.494 e. The Balaban J connectivity index is 2.00. The average Bonchev–Trinajstić information content (AvgIpc) is 2.76. The van der Waals surface area contributed by atoms with E-state index in [4.69, 9.17) is 4.74 Å². The zero-order chi connectivity index (χ0) is 13.9. The van der Waals surface area contributed by atoms with Crippen LogP contribution < -0.4 is 10.1 Å². The quantitative estimate of drug-likeness (QED) is 0.861. The molecule has 3 nitrogen and oxygen atoms in total. The van der Waals surface area contributed by atoms with Crippen LogP contribution in [-0.2, 0) is 4.79 Å². The predicted octanol–water partition coefficient (Wildman–Crippen LogP) is 3.58. The summed E-state index contributed by atoms with van der Waals surface area (Å²) in [7, 11) is 0. The van der Waals surface area contributed by atoms with Crippen LogP contribution in [0.2, 0.25) is 0 Å². The van der Waals surface area contributed by atoms with Crippen LogP contribution in [-0.4, -0.2) is 12.5 Å². The van der Waals surface area contributed by atoms with Gasteiger partial charge in [0, 0.05) is 16.8 Å². The number of hydrogen-bond donors (Lipinski definition) is 1. The van der Waals surface area contributed by atoms with Crippen LogP contribution in [0.3, 0.4) is 0 Å². The fourth-order valence-electron chi connectivity index (χ4n) is 2.31. The normalized spacial score (nSPS) is 15.1. The molecule has 0 aliphatic carbocycles. The summed E-state index contributed by atoms with van der Waals surface area (Å²) in [6.07, 6.45) is 1.89. The summed E-state index contributed by atoms with van der Waals surface area (Å²) in [6, 6.07) is 15.4. The summed E-state index contributed by atoms with van der Waals surface area (Å²) in [6.45, 7) is 2.58. The van der Waals surface area contributed by atoms with Gasteiger partial charge in [-0.05, 0) is 36.8 Å². The zero-order valence-electron chi connectivity index (χ0n) is 11.2. The lowest BCUT2D eigenvalue weighted by Gasteiger charge is -2.04. The molecule has 1 aliphatic heterocycles. The molecule has 0 saturated carbocycles. The van der Waals surface area contributed by atoms with E-state index in [0.717, 1.165) is 22.6 Å². The predicted molar refractivity (Wildman–Crippen MR) is 80.6 cm³/mol. The fourth-order valence-corrected chi connectivity index (χ4v) is 2.31. The summed E-state index contributed by atoms with van der Waals surface area (Å²) >= 11 is 0. The number of carbonyl (C=O) groups is 1. The second-order valence-corrected chi connectivity index (χ2v) is 4.56. The lowest BCUT2D eigenvalue weighted by molar-refractivity contribution is -0.110. The third-order valence-corrected chi connectivity index (χ3v) is 3.19. The molecule has 3 heteroatoms. The van der Waals surface area contributed by atoms with Gasteiger partial charge in [-0.1, -0.05) is 30.3 Å². The summed E-state index contributed by atoms with van der Waals surface area (Å²) in [5.41, 5.74) is 3.45. The molecule has 0 spiro atoms. The molecule has 1 N–H and O–H groups in total. The minimum absolute atomic E-state index is 0.0620. The second kappa shape index (κ2) is 5.21. The standard InChI is InChI=1S/C17H15NO2/c1-2-20-13-7-5-6-12(10-13)11-15-14-8-3-4-9-16(14)18-17(15)19/h3-11H,2H2,1H3,(H,18,19)/b15-11+. The first-order valence-electron chi connectivity index (χ1n) is 6.63. The van der Waals surface area contributed by atoms with E-state index >= 15 is 0 Å². The Morgan fingerprint density at radius 2 is 2.00 bits per heavy atom. The maximum absolute atomic E-state index is 12.0. The number of rotatable bonds is 3. The van der Waals surface area contributed by atoms with Gasteiger partial charge in [-0.15, -0.1) is 0 Å². The van der Waals surface area contributed by atoms with Crippen LogP contribution in [0.4, 0.5) is 5.69 Å². The number of nitrogens with one attached hydrogen (secondary N) is 1. The number of hydrogen-bond acceptors (Lipinski definition) is 2. The van der Waals surface area contributed by atoms with E-state index in [1.54, 1.807) is 0 Å². The van der Waals surface area contributed by atoms with Crippen LogP contribution in [0.25, 0.3) is 11.6 Å². The van der Waals surface area contributed by atoms with Gasteiger partial charge in [0.25, 0.3) is 5.91 Å². The van der Waals surface area contributed by atoms with Gasteiger partial charge in [0.15, 0.2) is 0 Å². The van der Waals surface area contributed by atoms with Crippen molar-refractivity contribution in [2.45, 2.75) is 6.92 Å². The third-order valence-electron chi connectivity index (χ3n) is 3.19. The van der Waals surface area contributed by atoms with Gasteiger partial charge >= 0.3 is 0 Å². The highest BCUT2D eigenvalue weighted by Crippen LogP contribution is 2.32. The van der Waals surface area contributed by atoms with Crippen molar-refractivity contribution in [2.75, 3.05) is 11.9 Å². The van der Waals surface area contributed by atoms with Crippen LogP contribution in [0.1, 0.15) is 18.1 Å². The Morgan fingerprint density at radius 1 is 1.15 bits per heavy atom. The molecule has 0 bridgehead atoms. The maximum atomic E-state index is 12.0. The summed E-state index contributed by atoms with van der Waals surface area (Å²) in [4.78, 5) is 12.0. The van der Waals surface area contributed by atoms with E-state index < -0.39 is 0 Å². The van der Waals surface area contributed by atoms with Gasteiger partial charge in [-0.2, -0.15) is 0 Å². The Kier molecular flexibility index (Phi) is 3.25. The monoisotopic (exact) mass is 265 g/mol. The topological polar surface area (TPSA) is 38.3 Å². The van der Waals surface area contributed by atoms with Crippen molar-refractivity contribution < 1.29 is 9.53 Å². The Hall–Kier alpha value is -2.55. The van der Waals surface area contributed by atoms with Crippen molar-refractivity contribution in [3.63, 3.8) is 0 Å². The largest absolute Gasteiger partial charge is 0.494 e. The Bertz CT molecular complexity index is 689. The maximum Gasteiger partial charge on any atom is 0.256 e. The second-order valence-electron chi connectivity index (χ2n) is 4.56. The molecule has 1 aliphatic rings. The first-order valence-corrected chi connectivity index (χ1v) is 6.63.